The number of aromatic nitrogens is 3. The maximum Gasteiger partial charge on any atom is 0.274 e. The number of nitrogens with one attached hydrogen (secondary N) is 1. The Balaban J connectivity index is 1.57. The number of likely N-dealkylation sites (tertiary alicyclic amines) is 1. The van der Waals surface area contributed by atoms with Crippen molar-refractivity contribution in [3.05, 3.63) is 53.2 Å². The van der Waals surface area contributed by atoms with Crippen molar-refractivity contribution in [3.63, 3.8) is 0 Å². The van der Waals surface area contributed by atoms with Crippen LogP contribution in [0, 0.1) is 5.82 Å². The van der Waals surface area contributed by atoms with Gasteiger partial charge in [0, 0.05) is 33.2 Å². The Morgan fingerprint density at radius 3 is 2.68 bits per heavy atom. The number of benzene rings is 1. The predicted molar refractivity (Wildman–Crippen MR) is 121 cm³/mol. The van der Waals surface area contributed by atoms with Crippen molar-refractivity contribution in [3.8, 4) is 10.4 Å². The highest BCUT2D eigenvalue weighted by Gasteiger charge is 2.33. The van der Waals surface area contributed by atoms with E-state index in [4.69, 9.17) is 11.6 Å². The molecule has 162 valence electrons. The standard InChI is InChI=1S/C21H22ClFN6OS/c1-28(2)21-27-17(18(31-21)13-5-7-15(23)8-6-13)19(30)29-9-3-4-16(29)12-26-20-24-10-14(22)11-25-20/h5-8,10-11,16H,3-4,9,12H2,1-2H3,(H,24,25,26)/t16-/m0/s1. The Labute approximate surface area is 188 Å². The molecule has 3 heterocycles. The topological polar surface area (TPSA) is 74.2 Å². The van der Waals surface area contributed by atoms with Crippen molar-refractivity contribution >= 4 is 39.9 Å². The van der Waals surface area contributed by atoms with Crippen molar-refractivity contribution in [1.29, 1.82) is 0 Å². The Kier molecular flexibility index (Phi) is 6.33. The fourth-order valence-electron chi connectivity index (χ4n) is 3.51. The lowest BCUT2D eigenvalue weighted by atomic mass is 10.1. The maximum atomic E-state index is 13.5. The zero-order chi connectivity index (χ0) is 22.0. The molecule has 0 aliphatic carbocycles. The van der Waals surface area contributed by atoms with E-state index in [1.54, 1.807) is 12.1 Å². The van der Waals surface area contributed by atoms with Crippen LogP contribution in [0.15, 0.2) is 36.7 Å². The third kappa shape index (κ3) is 4.77. The number of hydrogen-bond acceptors (Lipinski definition) is 7. The van der Waals surface area contributed by atoms with Crippen LogP contribution in [0.4, 0.5) is 15.5 Å². The van der Waals surface area contributed by atoms with Crippen LogP contribution in [0.3, 0.4) is 0 Å². The third-order valence-electron chi connectivity index (χ3n) is 5.06. The Morgan fingerprint density at radius 1 is 1.29 bits per heavy atom. The van der Waals surface area contributed by atoms with Crippen LogP contribution >= 0.6 is 22.9 Å². The smallest absolute Gasteiger partial charge is 0.274 e. The van der Waals surface area contributed by atoms with Crippen molar-refractivity contribution in [2.75, 3.05) is 37.4 Å². The van der Waals surface area contributed by atoms with E-state index in [1.165, 1.54) is 35.9 Å². The summed E-state index contributed by atoms with van der Waals surface area (Å²) in [6.07, 6.45) is 4.85. The lowest BCUT2D eigenvalue weighted by Gasteiger charge is -2.24. The molecule has 0 radical (unpaired) electrons. The van der Waals surface area contributed by atoms with Crippen molar-refractivity contribution in [1.82, 2.24) is 19.9 Å². The molecule has 1 atom stereocenters. The largest absolute Gasteiger partial charge is 0.354 e. The molecule has 1 aliphatic rings. The minimum absolute atomic E-state index is 0.00245. The molecule has 1 aliphatic heterocycles. The van der Waals surface area contributed by atoms with E-state index in [1.807, 2.05) is 23.9 Å². The van der Waals surface area contributed by atoms with Gasteiger partial charge in [0.2, 0.25) is 5.95 Å². The Bertz CT molecular complexity index is 1060. The normalized spacial score (nSPS) is 15.9. The maximum absolute atomic E-state index is 13.5. The van der Waals surface area contributed by atoms with Crippen molar-refractivity contribution < 1.29 is 9.18 Å². The molecule has 0 unspecified atom stereocenters. The number of carbonyl (C=O) groups is 1. The van der Waals surface area contributed by atoms with E-state index < -0.39 is 0 Å². The quantitative estimate of drug-likeness (QED) is 0.595. The number of thiazole rings is 1. The van der Waals surface area contributed by atoms with Crippen LogP contribution in [0.25, 0.3) is 10.4 Å². The molecule has 0 bridgehead atoms. The van der Waals surface area contributed by atoms with Gasteiger partial charge in [0.1, 0.15) is 11.5 Å². The molecule has 1 N–H and O–H groups in total. The van der Waals surface area contributed by atoms with Gasteiger partial charge in [0.05, 0.1) is 22.3 Å². The van der Waals surface area contributed by atoms with Crippen molar-refractivity contribution in [2.24, 2.45) is 0 Å². The molecule has 1 aromatic carbocycles. The number of carbonyl (C=O) groups excluding carboxylic acids is 1. The first-order chi connectivity index (χ1) is 14.9. The zero-order valence-electron chi connectivity index (χ0n) is 17.2. The predicted octanol–water partition coefficient (Wildman–Crippen LogP) is 4.18. The average molecular weight is 461 g/mol. The molecule has 1 saturated heterocycles. The van der Waals surface area contributed by atoms with E-state index >= 15 is 0 Å². The number of amides is 1. The second-order valence-corrected chi connectivity index (χ2v) is 8.89. The summed E-state index contributed by atoms with van der Waals surface area (Å²) >= 11 is 7.26. The second-order valence-electron chi connectivity index (χ2n) is 7.48. The minimum Gasteiger partial charge on any atom is -0.354 e. The molecule has 7 nitrogen and oxygen atoms in total. The van der Waals surface area contributed by atoms with Crippen LogP contribution in [0.2, 0.25) is 5.02 Å². The van der Waals surface area contributed by atoms with Crippen molar-refractivity contribution in [2.45, 2.75) is 18.9 Å². The molecule has 4 rings (SSSR count). The molecule has 10 heteroatoms. The van der Waals surface area contributed by atoms with Gasteiger partial charge in [-0.25, -0.2) is 19.3 Å². The summed E-state index contributed by atoms with van der Waals surface area (Å²) in [5.41, 5.74) is 1.17. The molecule has 1 amide bonds. The molecular formula is C21H22ClFN6OS. The lowest BCUT2D eigenvalue weighted by molar-refractivity contribution is 0.0739. The number of rotatable bonds is 6. The van der Waals surface area contributed by atoms with Gasteiger partial charge in [0.25, 0.3) is 5.91 Å². The van der Waals surface area contributed by atoms with Crippen LogP contribution < -0.4 is 10.2 Å². The molecular weight excluding hydrogens is 439 g/mol. The van der Waals surface area contributed by atoms with E-state index in [0.717, 1.165) is 28.4 Å². The van der Waals surface area contributed by atoms with Gasteiger partial charge in [-0.2, -0.15) is 0 Å². The van der Waals surface area contributed by atoms with Crippen LogP contribution in [0.5, 0.6) is 0 Å². The first-order valence-corrected chi connectivity index (χ1v) is 11.1. The summed E-state index contributed by atoms with van der Waals surface area (Å²) < 4.78 is 13.4. The van der Waals surface area contributed by atoms with Gasteiger partial charge >= 0.3 is 0 Å². The van der Waals surface area contributed by atoms with Gasteiger partial charge in [-0.15, -0.1) is 0 Å². The van der Waals surface area contributed by atoms with Gasteiger partial charge in [-0.3, -0.25) is 4.79 Å². The first-order valence-electron chi connectivity index (χ1n) is 9.89. The highest BCUT2D eigenvalue weighted by atomic mass is 35.5. The minimum atomic E-state index is -0.316. The molecule has 1 fully saturated rings. The summed E-state index contributed by atoms with van der Waals surface area (Å²) in [5, 5.41) is 4.38. The van der Waals surface area contributed by atoms with Gasteiger partial charge in [-0.05, 0) is 30.5 Å². The van der Waals surface area contributed by atoms with E-state index in [2.05, 4.69) is 20.3 Å². The average Bonchev–Trinajstić information content (AvgIpc) is 3.41. The molecule has 31 heavy (non-hydrogen) atoms. The zero-order valence-corrected chi connectivity index (χ0v) is 18.8. The van der Waals surface area contributed by atoms with E-state index in [0.29, 0.717) is 29.8 Å². The highest BCUT2D eigenvalue weighted by molar-refractivity contribution is 7.19. The summed E-state index contributed by atoms with van der Waals surface area (Å²) in [5.74, 6) is 0.0355. The summed E-state index contributed by atoms with van der Waals surface area (Å²) in [7, 11) is 3.77. The SMILES string of the molecule is CN(C)c1nc(C(=O)N2CCC[C@H]2CNc2ncc(Cl)cn2)c(-c2ccc(F)cc2)s1. The van der Waals surface area contributed by atoms with Gasteiger partial charge in [-0.1, -0.05) is 35.1 Å². The lowest BCUT2D eigenvalue weighted by Crippen LogP contribution is -2.40. The van der Waals surface area contributed by atoms with E-state index in [-0.39, 0.29) is 17.8 Å². The summed E-state index contributed by atoms with van der Waals surface area (Å²) in [4.78, 5) is 30.9. The Morgan fingerprint density at radius 2 is 2.00 bits per heavy atom. The molecule has 0 spiro atoms. The fraction of sp³-hybridized carbons (Fsp3) is 0.333. The number of hydrogen-bond donors (Lipinski definition) is 1. The number of halogens is 2. The Hall–Kier alpha value is -2.78. The first kappa shape index (κ1) is 21.5. The summed E-state index contributed by atoms with van der Waals surface area (Å²) in [6, 6.07) is 6.15. The van der Waals surface area contributed by atoms with Crippen LogP contribution in [-0.4, -0.2) is 59.0 Å². The molecule has 0 saturated carbocycles. The molecule has 3 aromatic rings. The second kappa shape index (κ2) is 9.15. The van der Waals surface area contributed by atoms with Gasteiger partial charge in [0.15, 0.2) is 5.13 Å². The highest BCUT2D eigenvalue weighted by Crippen LogP contribution is 2.36. The van der Waals surface area contributed by atoms with E-state index in [9.17, 15) is 9.18 Å². The fourth-order valence-corrected chi connectivity index (χ4v) is 4.59. The number of anilines is 2. The monoisotopic (exact) mass is 460 g/mol. The van der Waals surface area contributed by atoms with Crippen LogP contribution in [-0.2, 0) is 0 Å². The number of nitrogens with zero attached hydrogens (tertiary/aromatic N) is 5. The van der Waals surface area contributed by atoms with Crippen LogP contribution in [0.1, 0.15) is 23.3 Å². The van der Waals surface area contributed by atoms with Gasteiger partial charge < -0.3 is 15.1 Å². The third-order valence-corrected chi connectivity index (χ3v) is 6.53. The molecule has 2 aromatic heterocycles. The summed E-state index contributed by atoms with van der Waals surface area (Å²) in [6.45, 7) is 1.19.